The molecule has 0 radical (unpaired) electrons. The van der Waals surface area contributed by atoms with E-state index < -0.39 is 17.6 Å². The molecular weight excluding hydrogens is 343 g/mol. The Kier molecular flexibility index (Phi) is 5.94. The maximum atomic E-state index is 13.2. The summed E-state index contributed by atoms with van der Waals surface area (Å²) in [4.78, 5) is 24.9. The predicted molar refractivity (Wildman–Crippen MR) is 103 cm³/mol. The molecule has 4 nitrogen and oxygen atoms in total. The summed E-state index contributed by atoms with van der Waals surface area (Å²) in [5.41, 5.74) is 2.02. The highest BCUT2D eigenvalue weighted by molar-refractivity contribution is 5.96. The highest BCUT2D eigenvalue weighted by Crippen LogP contribution is 2.24. The lowest BCUT2D eigenvalue weighted by Crippen LogP contribution is -2.36. The summed E-state index contributed by atoms with van der Waals surface area (Å²) in [6, 6.07) is 24.4. The first kappa shape index (κ1) is 18.3. The number of nitrogens with one attached hydrogen (secondary N) is 2. The number of halogens is 1. The fourth-order valence-corrected chi connectivity index (χ4v) is 2.83. The van der Waals surface area contributed by atoms with Crippen LogP contribution in [0.15, 0.2) is 84.9 Å². The molecule has 0 heterocycles. The van der Waals surface area contributed by atoms with Crippen LogP contribution in [-0.4, -0.2) is 18.4 Å². The molecule has 0 saturated heterocycles. The normalized spacial score (nSPS) is 10.4. The molecule has 3 aromatic carbocycles. The molecule has 5 heteroatoms. The Morgan fingerprint density at radius 3 is 1.96 bits per heavy atom. The van der Waals surface area contributed by atoms with Gasteiger partial charge in [0.1, 0.15) is 5.82 Å². The maximum absolute atomic E-state index is 13.2. The molecule has 3 aromatic rings. The summed E-state index contributed by atoms with van der Waals surface area (Å²) >= 11 is 0. The average Bonchev–Trinajstić information content (AvgIpc) is 2.68. The third kappa shape index (κ3) is 5.01. The van der Waals surface area contributed by atoms with Crippen LogP contribution < -0.4 is 10.6 Å². The van der Waals surface area contributed by atoms with Crippen molar-refractivity contribution in [2.24, 2.45) is 0 Å². The van der Waals surface area contributed by atoms with Crippen molar-refractivity contribution in [2.75, 3.05) is 11.9 Å². The van der Waals surface area contributed by atoms with E-state index in [9.17, 15) is 14.0 Å². The average molecular weight is 362 g/mol. The molecule has 0 aliphatic carbocycles. The molecule has 0 fully saturated rings. The molecule has 0 spiro atoms. The minimum atomic E-state index is -0.519. The number of hydrogen-bond donors (Lipinski definition) is 2. The Hall–Kier alpha value is -3.47. The van der Waals surface area contributed by atoms with Crippen molar-refractivity contribution in [3.8, 4) is 0 Å². The molecule has 0 saturated carbocycles. The van der Waals surface area contributed by atoms with Crippen LogP contribution in [0.5, 0.6) is 0 Å². The van der Waals surface area contributed by atoms with Crippen molar-refractivity contribution in [1.82, 2.24) is 5.32 Å². The Bertz CT molecular complexity index is 874. The van der Waals surface area contributed by atoms with E-state index in [1.807, 2.05) is 60.7 Å². The minimum absolute atomic E-state index is 0.203. The van der Waals surface area contributed by atoms with Gasteiger partial charge in [-0.2, -0.15) is 0 Å². The van der Waals surface area contributed by atoms with Gasteiger partial charge < -0.3 is 10.6 Å². The second-order valence-electron chi connectivity index (χ2n) is 6.03. The van der Waals surface area contributed by atoms with Crippen molar-refractivity contribution in [2.45, 2.75) is 5.92 Å². The van der Waals surface area contributed by atoms with Crippen molar-refractivity contribution < 1.29 is 14.0 Å². The summed E-state index contributed by atoms with van der Waals surface area (Å²) in [6.07, 6.45) is 0. The molecule has 2 N–H and O–H groups in total. The summed E-state index contributed by atoms with van der Waals surface area (Å²) in [7, 11) is 0. The molecule has 0 aromatic heterocycles. The van der Waals surface area contributed by atoms with Gasteiger partial charge >= 0.3 is 0 Å². The number of anilines is 1. The van der Waals surface area contributed by atoms with E-state index in [4.69, 9.17) is 0 Å². The first-order valence-corrected chi connectivity index (χ1v) is 8.56. The molecule has 27 heavy (non-hydrogen) atoms. The van der Waals surface area contributed by atoms with Crippen LogP contribution in [0.2, 0.25) is 0 Å². The van der Waals surface area contributed by atoms with Gasteiger partial charge in [-0.25, -0.2) is 4.39 Å². The third-order valence-corrected chi connectivity index (χ3v) is 4.06. The lowest BCUT2D eigenvalue weighted by atomic mass is 9.90. The van der Waals surface area contributed by atoms with E-state index in [1.165, 1.54) is 18.2 Å². The monoisotopic (exact) mass is 362 g/mol. The topological polar surface area (TPSA) is 58.2 Å². The standard InChI is InChI=1S/C22H19FN2O2/c23-18-12-7-13-19(14-18)25-20(26)15-24-22(27)21(16-8-3-1-4-9-16)17-10-5-2-6-11-17/h1-14,21H,15H2,(H,24,27)(H,25,26). The fourth-order valence-electron chi connectivity index (χ4n) is 2.83. The number of hydrogen-bond acceptors (Lipinski definition) is 2. The van der Waals surface area contributed by atoms with Gasteiger partial charge in [0, 0.05) is 5.69 Å². The van der Waals surface area contributed by atoms with Crippen molar-refractivity contribution in [3.63, 3.8) is 0 Å². The van der Waals surface area contributed by atoms with Crippen LogP contribution in [0.4, 0.5) is 10.1 Å². The van der Waals surface area contributed by atoms with E-state index in [0.717, 1.165) is 11.1 Å². The largest absolute Gasteiger partial charge is 0.346 e. The molecule has 3 rings (SSSR count). The molecule has 0 unspecified atom stereocenters. The van der Waals surface area contributed by atoms with Crippen molar-refractivity contribution >= 4 is 17.5 Å². The Morgan fingerprint density at radius 2 is 1.41 bits per heavy atom. The first-order valence-electron chi connectivity index (χ1n) is 8.56. The van der Waals surface area contributed by atoms with E-state index in [0.29, 0.717) is 5.69 Å². The number of benzene rings is 3. The molecule has 136 valence electrons. The molecule has 0 aliphatic heterocycles. The number of carbonyl (C=O) groups is 2. The van der Waals surface area contributed by atoms with Gasteiger partial charge in [-0.1, -0.05) is 66.7 Å². The number of rotatable bonds is 6. The lowest BCUT2D eigenvalue weighted by Gasteiger charge is -2.18. The smallest absolute Gasteiger partial charge is 0.243 e. The second-order valence-corrected chi connectivity index (χ2v) is 6.03. The molecule has 0 bridgehead atoms. The molecule has 0 aliphatic rings. The van der Waals surface area contributed by atoms with Gasteiger partial charge in [-0.15, -0.1) is 0 Å². The minimum Gasteiger partial charge on any atom is -0.346 e. The lowest BCUT2D eigenvalue weighted by molar-refractivity contribution is -0.124. The van der Waals surface area contributed by atoms with Crippen LogP contribution in [0, 0.1) is 5.82 Å². The Balaban J connectivity index is 1.69. The van der Waals surface area contributed by atoms with Crippen LogP contribution >= 0.6 is 0 Å². The maximum Gasteiger partial charge on any atom is 0.243 e. The molecule has 2 amide bonds. The van der Waals surface area contributed by atoms with Gasteiger partial charge in [-0.05, 0) is 29.3 Å². The van der Waals surface area contributed by atoms with Gasteiger partial charge in [-0.3, -0.25) is 9.59 Å². The third-order valence-electron chi connectivity index (χ3n) is 4.06. The zero-order valence-electron chi connectivity index (χ0n) is 14.6. The fraction of sp³-hybridized carbons (Fsp3) is 0.0909. The molecular formula is C22H19FN2O2. The van der Waals surface area contributed by atoms with Gasteiger partial charge in [0.2, 0.25) is 11.8 Å². The highest BCUT2D eigenvalue weighted by Gasteiger charge is 2.22. The quantitative estimate of drug-likeness (QED) is 0.702. The zero-order chi connectivity index (χ0) is 19.1. The summed E-state index contributed by atoms with van der Waals surface area (Å²) in [5, 5.41) is 5.23. The van der Waals surface area contributed by atoms with Gasteiger partial charge in [0.25, 0.3) is 0 Å². The van der Waals surface area contributed by atoms with Crippen LogP contribution in [0.25, 0.3) is 0 Å². The predicted octanol–water partition coefficient (Wildman–Crippen LogP) is 3.71. The van der Waals surface area contributed by atoms with Gasteiger partial charge in [0.05, 0.1) is 12.5 Å². The second kappa shape index (κ2) is 8.76. The van der Waals surface area contributed by atoms with Crippen LogP contribution in [0.3, 0.4) is 0 Å². The van der Waals surface area contributed by atoms with Crippen molar-refractivity contribution in [1.29, 1.82) is 0 Å². The van der Waals surface area contributed by atoms with Crippen molar-refractivity contribution in [3.05, 3.63) is 102 Å². The number of carbonyl (C=O) groups excluding carboxylic acids is 2. The Morgan fingerprint density at radius 1 is 0.815 bits per heavy atom. The SMILES string of the molecule is O=C(CNC(=O)C(c1ccccc1)c1ccccc1)Nc1cccc(F)c1. The van der Waals surface area contributed by atoms with E-state index >= 15 is 0 Å². The van der Waals surface area contributed by atoms with Gasteiger partial charge in [0.15, 0.2) is 0 Å². The number of amides is 2. The highest BCUT2D eigenvalue weighted by atomic mass is 19.1. The van der Waals surface area contributed by atoms with E-state index in [2.05, 4.69) is 10.6 Å². The summed E-state index contributed by atoms with van der Waals surface area (Å²) in [5.74, 6) is -1.66. The van der Waals surface area contributed by atoms with E-state index in [-0.39, 0.29) is 12.5 Å². The summed E-state index contributed by atoms with van der Waals surface area (Å²) < 4.78 is 13.2. The Labute approximate surface area is 157 Å². The first-order chi connectivity index (χ1) is 13.1. The van der Waals surface area contributed by atoms with E-state index in [1.54, 1.807) is 6.07 Å². The summed E-state index contributed by atoms with van der Waals surface area (Å²) in [6.45, 7) is -0.203. The zero-order valence-corrected chi connectivity index (χ0v) is 14.6. The van der Waals surface area contributed by atoms with Crippen LogP contribution in [-0.2, 0) is 9.59 Å². The molecule has 0 atom stereocenters. The van der Waals surface area contributed by atoms with Crippen LogP contribution in [0.1, 0.15) is 17.0 Å².